The average Bonchev–Trinajstić information content (AvgIpc) is 3.82. The molecule has 10 heteroatoms. The molecule has 3 aliphatic heterocycles. The number of benzene rings is 3. The first-order chi connectivity index (χ1) is 25.1. The van der Waals surface area contributed by atoms with Gasteiger partial charge in [-0.15, -0.1) is 13.2 Å². The zero-order chi connectivity index (χ0) is 37.2. The number of hydrogen-bond acceptors (Lipinski definition) is 7. The molecule has 3 fully saturated rings. The van der Waals surface area contributed by atoms with E-state index in [0.29, 0.717) is 36.9 Å². The van der Waals surface area contributed by atoms with Crippen molar-refractivity contribution in [3.63, 3.8) is 0 Å². The van der Waals surface area contributed by atoms with Gasteiger partial charge in [0.1, 0.15) is 17.7 Å². The Bertz CT molecular complexity index is 1830. The lowest BCUT2D eigenvalue weighted by Gasteiger charge is -2.39. The van der Waals surface area contributed by atoms with Crippen molar-refractivity contribution in [2.75, 3.05) is 25.1 Å². The number of rotatable bonds is 15. The molecule has 3 aromatic rings. The van der Waals surface area contributed by atoms with Gasteiger partial charge in [-0.1, -0.05) is 79.7 Å². The topological polar surface area (TPSA) is 117 Å². The minimum Gasteiger partial charge on any atom is -0.455 e. The van der Waals surface area contributed by atoms with Gasteiger partial charge in [0.2, 0.25) is 11.8 Å². The highest BCUT2D eigenvalue weighted by Gasteiger charge is 2.75. The highest BCUT2D eigenvalue weighted by molar-refractivity contribution is 6.05. The van der Waals surface area contributed by atoms with Gasteiger partial charge < -0.3 is 29.3 Å². The lowest BCUT2D eigenvalue weighted by molar-refractivity contribution is -0.165. The molecule has 3 heterocycles. The van der Waals surface area contributed by atoms with E-state index in [1.165, 1.54) is 4.90 Å². The second kappa shape index (κ2) is 15.4. The number of likely N-dealkylation sites (tertiary alicyclic amines) is 1. The molecule has 1 spiro atoms. The average molecular weight is 708 g/mol. The number of esters is 1. The van der Waals surface area contributed by atoms with E-state index >= 15 is 0 Å². The molecule has 10 nitrogen and oxygen atoms in total. The largest absolute Gasteiger partial charge is 0.455 e. The van der Waals surface area contributed by atoms with Gasteiger partial charge in [-0.05, 0) is 61.1 Å². The predicted molar refractivity (Wildman–Crippen MR) is 199 cm³/mol. The maximum absolute atomic E-state index is 15.0. The number of allylic oxidation sites excluding steroid dienone is 1. The molecule has 52 heavy (non-hydrogen) atoms. The predicted octanol–water partition coefficient (Wildman–Crippen LogP) is 5.60. The Kier molecular flexibility index (Phi) is 11.0. The second-order valence-electron chi connectivity index (χ2n) is 14.2. The van der Waals surface area contributed by atoms with Crippen molar-refractivity contribution >= 4 is 40.2 Å². The zero-order valence-corrected chi connectivity index (χ0v) is 30.2. The summed E-state index contributed by atoms with van der Waals surface area (Å²) < 4.78 is 13.1. The molecule has 274 valence electrons. The summed E-state index contributed by atoms with van der Waals surface area (Å²) in [7, 11) is 1.69. The minimum atomic E-state index is -1.30. The lowest BCUT2D eigenvalue weighted by atomic mass is 9.70. The standard InChI is InChI=1S/C42H49N3O7/c1-6-9-19-34(47)43(5)27(4)37(29-16-11-10-12-17-29)51-41(50)35-33-22-23-42(52-33)36(35)39(48)45(31(8-3)26-46)38(42)40(49)44(24-7-2)32-21-20-28-15-13-14-18-30(28)25-32/h6-7,10-18,20-21,25,27,31,33,35-38,46H,1-2,8-9,19,22-24,26H2,3-5H3/t27-,31+,33+,35-,36-,37+,38+,42-/m1/s1. The van der Waals surface area contributed by atoms with Gasteiger partial charge in [0, 0.05) is 25.7 Å². The van der Waals surface area contributed by atoms with E-state index < -0.39 is 59.6 Å². The Balaban J connectivity index is 1.36. The van der Waals surface area contributed by atoms with Gasteiger partial charge in [-0.25, -0.2) is 0 Å². The third kappa shape index (κ3) is 6.43. The molecular formula is C42H49N3O7. The molecule has 0 radical (unpaired) electrons. The normalized spacial score (nSPS) is 24.9. The number of fused-ring (bicyclic) bond motifs is 2. The summed E-state index contributed by atoms with van der Waals surface area (Å²) in [5, 5.41) is 12.5. The summed E-state index contributed by atoms with van der Waals surface area (Å²) in [6, 6.07) is 20.6. The van der Waals surface area contributed by atoms with E-state index in [2.05, 4.69) is 13.2 Å². The summed E-state index contributed by atoms with van der Waals surface area (Å²) in [5.74, 6) is -3.45. The smallest absolute Gasteiger partial charge is 0.313 e. The molecule has 0 aromatic heterocycles. The van der Waals surface area contributed by atoms with Crippen LogP contribution in [0.15, 0.2) is 98.1 Å². The first-order valence-electron chi connectivity index (χ1n) is 18.3. The Hall–Kier alpha value is -4.80. The van der Waals surface area contributed by atoms with Gasteiger partial charge >= 0.3 is 5.97 Å². The lowest BCUT2D eigenvalue weighted by Crippen LogP contribution is -2.59. The molecule has 6 rings (SSSR count). The van der Waals surface area contributed by atoms with Gasteiger partial charge in [0.15, 0.2) is 0 Å². The molecule has 3 aromatic carbocycles. The summed E-state index contributed by atoms with van der Waals surface area (Å²) >= 11 is 0. The number of aliphatic hydroxyl groups is 1. The summed E-state index contributed by atoms with van der Waals surface area (Å²) in [4.78, 5) is 61.9. The number of ether oxygens (including phenoxy) is 2. The number of anilines is 1. The van der Waals surface area contributed by atoms with E-state index in [-0.39, 0.29) is 31.4 Å². The van der Waals surface area contributed by atoms with Crippen molar-refractivity contribution in [3.8, 4) is 0 Å². The number of carbonyl (C=O) groups is 4. The molecule has 3 amide bonds. The van der Waals surface area contributed by atoms with Gasteiger partial charge in [-0.3, -0.25) is 19.2 Å². The van der Waals surface area contributed by atoms with Gasteiger partial charge in [0.05, 0.1) is 36.6 Å². The molecule has 0 aliphatic carbocycles. The van der Waals surface area contributed by atoms with Crippen molar-refractivity contribution in [1.82, 2.24) is 9.80 Å². The fourth-order valence-electron chi connectivity index (χ4n) is 8.51. The van der Waals surface area contributed by atoms with Crippen LogP contribution in [0.25, 0.3) is 10.8 Å². The minimum absolute atomic E-state index is 0.111. The van der Waals surface area contributed by atoms with Crippen LogP contribution in [0.5, 0.6) is 0 Å². The number of amides is 3. The maximum atomic E-state index is 15.0. The molecule has 8 atom stereocenters. The highest BCUT2D eigenvalue weighted by atomic mass is 16.6. The molecule has 0 unspecified atom stereocenters. The Morgan fingerprint density at radius 1 is 1.06 bits per heavy atom. The van der Waals surface area contributed by atoms with Crippen LogP contribution >= 0.6 is 0 Å². The zero-order valence-electron chi connectivity index (χ0n) is 30.2. The fourth-order valence-corrected chi connectivity index (χ4v) is 8.51. The van der Waals surface area contributed by atoms with Crippen LogP contribution < -0.4 is 4.90 Å². The third-order valence-corrected chi connectivity index (χ3v) is 11.3. The van der Waals surface area contributed by atoms with E-state index in [1.54, 1.807) is 29.0 Å². The van der Waals surface area contributed by atoms with Crippen LogP contribution in [0.4, 0.5) is 5.69 Å². The molecule has 0 saturated carbocycles. The van der Waals surface area contributed by atoms with Crippen molar-refractivity contribution in [2.24, 2.45) is 11.8 Å². The van der Waals surface area contributed by atoms with Crippen molar-refractivity contribution < 1.29 is 33.8 Å². The number of likely N-dealkylation sites (N-methyl/N-ethyl adjacent to an activating group) is 1. The first-order valence-corrected chi connectivity index (χ1v) is 18.3. The van der Waals surface area contributed by atoms with Crippen LogP contribution in [0, 0.1) is 11.8 Å². The monoisotopic (exact) mass is 707 g/mol. The molecule has 3 aliphatic rings. The van der Waals surface area contributed by atoms with Crippen LogP contribution in [-0.2, 0) is 28.7 Å². The Morgan fingerprint density at radius 3 is 2.44 bits per heavy atom. The van der Waals surface area contributed by atoms with E-state index in [9.17, 15) is 24.3 Å². The molecule has 3 saturated heterocycles. The maximum Gasteiger partial charge on any atom is 0.313 e. The fraction of sp³-hybridized carbons (Fsp3) is 0.429. The van der Waals surface area contributed by atoms with Crippen molar-refractivity contribution in [3.05, 3.63) is 104 Å². The number of nitrogens with zero attached hydrogens (tertiary/aromatic N) is 3. The molecule has 1 N–H and O–H groups in total. The molecule has 2 bridgehead atoms. The van der Waals surface area contributed by atoms with Gasteiger partial charge in [0.25, 0.3) is 5.91 Å². The van der Waals surface area contributed by atoms with Crippen LogP contribution in [0.2, 0.25) is 0 Å². The van der Waals surface area contributed by atoms with Gasteiger partial charge in [-0.2, -0.15) is 0 Å². The highest BCUT2D eigenvalue weighted by Crippen LogP contribution is 2.59. The Morgan fingerprint density at radius 2 is 1.77 bits per heavy atom. The van der Waals surface area contributed by atoms with Crippen molar-refractivity contribution in [2.45, 2.75) is 81.9 Å². The summed E-state index contributed by atoms with van der Waals surface area (Å²) in [6.07, 6.45) is 3.90. The van der Waals surface area contributed by atoms with Crippen molar-refractivity contribution in [1.29, 1.82) is 0 Å². The number of hydrogen-bond donors (Lipinski definition) is 1. The van der Waals surface area contributed by atoms with Crippen LogP contribution in [-0.4, -0.2) is 88.6 Å². The first kappa shape index (κ1) is 37.0. The van der Waals surface area contributed by atoms with E-state index in [0.717, 1.165) is 10.8 Å². The quantitative estimate of drug-likeness (QED) is 0.162. The SMILES string of the molecule is C=CCCC(=O)N(C)[C@H](C)[C@H](OC(=O)[C@@H]1[C@@H]2CC[C@]3(O2)[C@H](C(=O)N(CC=C)c2ccc4ccccc4c2)N([C@@H](CC)CO)C(=O)[C@@H]13)c1ccccc1. The number of aliphatic hydroxyl groups excluding tert-OH is 1. The Labute approximate surface area is 305 Å². The van der Waals surface area contributed by atoms with E-state index in [4.69, 9.17) is 9.47 Å². The third-order valence-electron chi connectivity index (χ3n) is 11.3. The second-order valence-corrected chi connectivity index (χ2v) is 14.2. The molecular weight excluding hydrogens is 658 g/mol. The van der Waals surface area contributed by atoms with Crippen LogP contribution in [0.1, 0.15) is 57.6 Å². The van der Waals surface area contributed by atoms with E-state index in [1.807, 2.05) is 86.6 Å². The summed E-state index contributed by atoms with van der Waals surface area (Å²) in [5.41, 5.74) is 0.0507. The number of carbonyl (C=O) groups excluding carboxylic acids is 4. The summed E-state index contributed by atoms with van der Waals surface area (Å²) in [6.45, 7) is 11.1. The van der Waals surface area contributed by atoms with Crippen LogP contribution in [0.3, 0.4) is 0 Å².